The molecule has 0 unspecified atom stereocenters. The van der Waals surface area contributed by atoms with E-state index in [-0.39, 0.29) is 29.1 Å². The summed E-state index contributed by atoms with van der Waals surface area (Å²) >= 11 is 5.86. The first-order valence-corrected chi connectivity index (χ1v) is 9.19. The van der Waals surface area contributed by atoms with Crippen molar-refractivity contribution >= 4 is 29.1 Å². The highest BCUT2D eigenvalue weighted by Gasteiger charge is 2.14. The van der Waals surface area contributed by atoms with Crippen LogP contribution in [0.5, 0.6) is 0 Å². The summed E-state index contributed by atoms with van der Waals surface area (Å²) in [6.07, 6.45) is 1.01. The van der Waals surface area contributed by atoms with Crippen LogP contribution in [0.15, 0.2) is 40.9 Å². The van der Waals surface area contributed by atoms with Gasteiger partial charge in [0.1, 0.15) is 5.82 Å². The number of carbonyl (C=O) groups excluding carboxylic acids is 2. The van der Waals surface area contributed by atoms with Crippen LogP contribution in [0.3, 0.4) is 0 Å². The molecular weight excluding hydrogens is 399 g/mol. The second kappa shape index (κ2) is 8.83. The van der Waals surface area contributed by atoms with Gasteiger partial charge in [-0.1, -0.05) is 16.8 Å². The average Bonchev–Trinajstić information content (AvgIpc) is 3.14. The van der Waals surface area contributed by atoms with Crippen LogP contribution in [0.2, 0.25) is 5.02 Å². The molecule has 0 aliphatic carbocycles. The fourth-order valence-corrected chi connectivity index (χ4v) is 2.76. The Morgan fingerprint density at radius 2 is 1.97 bits per heavy atom. The van der Waals surface area contributed by atoms with Crippen LogP contribution in [0.4, 0.5) is 10.1 Å². The van der Waals surface area contributed by atoms with Gasteiger partial charge >= 0.3 is 0 Å². The molecule has 0 aliphatic rings. The van der Waals surface area contributed by atoms with Crippen LogP contribution in [0.1, 0.15) is 34.7 Å². The maximum atomic E-state index is 13.9. The Bertz CT molecular complexity index is 1050. The third kappa shape index (κ3) is 5.17. The number of primary amides is 1. The molecule has 0 atom stereocenters. The zero-order valence-electron chi connectivity index (χ0n) is 15.5. The van der Waals surface area contributed by atoms with Crippen molar-refractivity contribution in [1.82, 2.24) is 10.1 Å². The van der Waals surface area contributed by atoms with E-state index in [2.05, 4.69) is 15.5 Å². The SMILES string of the molecule is Cc1c(F)cc(C(N)=O)cc1NC(=O)CCCc1nc(-c2ccc(Cl)cc2)no1. The quantitative estimate of drug-likeness (QED) is 0.606. The monoisotopic (exact) mass is 416 g/mol. The van der Waals surface area contributed by atoms with Gasteiger partial charge in [0.25, 0.3) is 0 Å². The number of carbonyl (C=O) groups is 2. The number of halogens is 2. The van der Waals surface area contributed by atoms with E-state index in [1.54, 1.807) is 24.3 Å². The summed E-state index contributed by atoms with van der Waals surface area (Å²) in [6.45, 7) is 1.51. The molecule has 3 aromatic rings. The van der Waals surface area contributed by atoms with Crippen LogP contribution in [-0.4, -0.2) is 22.0 Å². The zero-order chi connectivity index (χ0) is 21.0. The fourth-order valence-electron chi connectivity index (χ4n) is 2.64. The van der Waals surface area contributed by atoms with Gasteiger partial charge in [0.2, 0.25) is 23.5 Å². The molecule has 1 heterocycles. The minimum absolute atomic E-state index is 0.0102. The molecule has 0 aliphatic heterocycles. The van der Waals surface area contributed by atoms with E-state index in [0.717, 1.165) is 11.6 Å². The van der Waals surface area contributed by atoms with Gasteiger partial charge in [-0.15, -0.1) is 0 Å². The first-order chi connectivity index (χ1) is 13.8. The summed E-state index contributed by atoms with van der Waals surface area (Å²) in [5.74, 6) is -0.868. The van der Waals surface area contributed by atoms with E-state index in [9.17, 15) is 14.0 Å². The van der Waals surface area contributed by atoms with Gasteiger partial charge in [-0.2, -0.15) is 4.98 Å². The Morgan fingerprint density at radius 3 is 2.66 bits per heavy atom. The van der Waals surface area contributed by atoms with Crippen molar-refractivity contribution in [3.05, 3.63) is 64.3 Å². The number of aromatic nitrogens is 2. The molecule has 0 saturated heterocycles. The molecule has 2 aromatic carbocycles. The first-order valence-electron chi connectivity index (χ1n) is 8.82. The summed E-state index contributed by atoms with van der Waals surface area (Å²) < 4.78 is 19.1. The van der Waals surface area contributed by atoms with Gasteiger partial charge in [0, 0.05) is 40.2 Å². The lowest BCUT2D eigenvalue weighted by Crippen LogP contribution is -2.16. The van der Waals surface area contributed by atoms with Crippen molar-refractivity contribution in [2.45, 2.75) is 26.2 Å². The number of rotatable bonds is 7. The molecule has 7 nitrogen and oxygen atoms in total. The van der Waals surface area contributed by atoms with Gasteiger partial charge < -0.3 is 15.6 Å². The number of anilines is 1. The van der Waals surface area contributed by atoms with Crippen molar-refractivity contribution < 1.29 is 18.5 Å². The highest BCUT2D eigenvalue weighted by Crippen LogP contribution is 2.22. The van der Waals surface area contributed by atoms with Crippen LogP contribution < -0.4 is 11.1 Å². The van der Waals surface area contributed by atoms with Gasteiger partial charge in [0.15, 0.2) is 0 Å². The maximum Gasteiger partial charge on any atom is 0.248 e. The molecule has 9 heteroatoms. The lowest BCUT2D eigenvalue weighted by molar-refractivity contribution is -0.116. The lowest BCUT2D eigenvalue weighted by Gasteiger charge is -2.10. The normalized spacial score (nSPS) is 10.7. The number of benzene rings is 2. The summed E-state index contributed by atoms with van der Waals surface area (Å²) in [5.41, 5.74) is 6.39. The lowest BCUT2D eigenvalue weighted by atomic mass is 10.1. The standard InChI is InChI=1S/C20H18ClFN4O3/c1-11-15(22)9-13(19(23)28)10-16(11)24-17(27)3-2-4-18-25-20(26-29-18)12-5-7-14(21)8-6-12/h5-10H,2-4H2,1H3,(H2,23,28)(H,24,27). The number of hydrogen-bond acceptors (Lipinski definition) is 5. The van der Waals surface area contributed by atoms with E-state index in [0.29, 0.717) is 29.6 Å². The van der Waals surface area contributed by atoms with E-state index in [4.69, 9.17) is 21.9 Å². The molecule has 29 heavy (non-hydrogen) atoms. The molecule has 150 valence electrons. The Kier molecular flexibility index (Phi) is 6.23. The van der Waals surface area contributed by atoms with Gasteiger partial charge in [0.05, 0.1) is 0 Å². The smallest absolute Gasteiger partial charge is 0.248 e. The molecular formula is C20H18ClFN4O3. The molecule has 0 fully saturated rings. The number of hydrogen-bond donors (Lipinski definition) is 2. The first kappa shape index (κ1) is 20.5. The highest BCUT2D eigenvalue weighted by molar-refractivity contribution is 6.30. The number of nitrogens with one attached hydrogen (secondary N) is 1. The zero-order valence-corrected chi connectivity index (χ0v) is 16.3. The molecule has 0 spiro atoms. The van der Waals surface area contributed by atoms with Crippen LogP contribution >= 0.6 is 11.6 Å². The largest absolute Gasteiger partial charge is 0.366 e. The van der Waals surface area contributed by atoms with E-state index >= 15 is 0 Å². The summed E-state index contributed by atoms with van der Waals surface area (Å²) in [4.78, 5) is 27.7. The molecule has 0 radical (unpaired) electrons. The topological polar surface area (TPSA) is 111 Å². The highest BCUT2D eigenvalue weighted by atomic mass is 35.5. The second-order valence-corrected chi connectivity index (χ2v) is 6.85. The number of nitrogens with zero attached hydrogens (tertiary/aromatic N) is 2. The Labute approximate surface area is 171 Å². The number of nitrogens with two attached hydrogens (primary N) is 1. The minimum Gasteiger partial charge on any atom is -0.366 e. The molecule has 3 rings (SSSR count). The van der Waals surface area contributed by atoms with Crippen molar-refractivity contribution in [2.75, 3.05) is 5.32 Å². The van der Waals surface area contributed by atoms with Crippen molar-refractivity contribution in [3.63, 3.8) is 0 Å². The van der Waals surface area contributed by atoms with Crippen LogP contribution in [-0.2, 0) is 11.2 Å². The molecule has 1 aromatic heterocycles. The molecule has 2 amide bonds. The fraction of sp³-hybridized carbons (Fsp3) is 0.200. The van der Waals surface area contributed by atoms with Crippen molar-refractivity contribution in [3.8, 4) is 11.4 Å². The predicted molar refractivity (Wildman–Crippen MR) is 106 cm³/mol. The minimum atomic E-state index is -0.771. The van der Waals surface area contributed by atoms with Gasteiger partial charge in [-0.25, -0.2) is 4.39 Å². The molecule has 0 saturated carbocycles. The van der Waals surface area contributed by atoms with Crippen LogP contribution in [0, 0.1) is 12.7 Å². The molecule has 3 N–H and O–H groups in total. The third-order valence-electron chi connectivity index (χ3n) is 4.27. The Hall–Kier alpha value is -3.26. The number of amides is 2. The van der Waals surface area contributed by atoms with Gasteiger partial charge in [-0.3, -0.25) is 9.59 Å². The van der Waals surface area contributed by atoms with E-state index in [1.807, 2.05) is 0 Å². The van der Waals surface area contributed by atoms with Crippen molar-refractivity contribution in [1.29, 1.82) is 0 Å². The number of aryl methyl sites for hydroxylation is 1. The molecule has 0 bridgehead atoms. The summed E-state index contributed by atoms with van der Waals surface area (Å²) in [6, 6.07) is 9.43. The summed E-state index contributed by atoms with van der Waals surface area (Å²) in [5, 5.41) is 7.13. The third-order valence-corrected chi connectivity index (χ3v) is 4.52. The Morgan fingerprint density at radius 1 is 1.24 bits per heavy atom. The van der Waals surface area contributed by atoms with Crippen LogP contribution in [0.25, 0.3) is 11.4 Å². The Balaban J connectivity index is 1.56. The van der Waals surface area contributed by atoms with E-state index < -0.39 is 11.7 Å². The maximum absolute atomic E-state index is 13.9. The van der Waals surface area contributed by atoms with E-state index in [1.165, 1.54) is 13.0 Å². The summed E-state index contributed by atoms with van der Waals surface area (Å²) in [7, 11) is 0. The second-order valence-electron chi connectivity index (χ2n) is 6.42. The predicted octanol–water partition coefficient (Wildman–Crippen LogP) is 3.90. The van der Waals surface area contributed by atoms with Crippen molar-refractivity contribution in [2.24, 2.45) is 5.73 Å². The van der Waals surface area contributed by atoms with Gasteiger partial charge in [-0.05, 0) is 49.7 Å². The average molecular weight is 417 g/mol.